The minimum atomic E-state index is -4.06. The maximum absolute atomic E-state index is 12.6. The van der Waals surface area contributed by atoms with E-state index in [-0.39, 0.29) is 12.6 Å². The minimum absolute atomic E-state index is 0.0231. The van der Waals surface area contributed by atoms with Gasteiger partial charge in [-0.1, -0.05) is 26.7 Å². The third-order valence-electron chi connectivity index (χ3n) is 3.11. The molecule has 18 heavy (non-hydrogen) atoms. The van der Waals surface area contributed by atoms with Gasteiger partial charge in [0.05, 0.1) is 6.61 Å². The summed E-state index contributed by atoms with van der Waals surface area (Å²) in [6, 6.07) is -0.0802. The second kappa shape index (κ2) is 8.69. The molecule has 110 valence electrons. The first kappa shape index (κ1) is 17.6. The standard InChI is InChI=1S/C12H23F4NO/c1-4-9(5-2)6-10(17-3)7-18-8-12(15,16)11(13)14/h9-11,17H,4-8H2,1-3H3. The van der Waals surface area contributed by atoms with Gasteiger partial charge in [0.2, 0.25) is 0 Å². The van der Waals surface area contributed by atoms with E-state index in [0.29, 0.717) is 5.92 Å². The molecule has 0 aromatic rings. The van der Waals surface area contributed by atoms with Gasteiger partial charge in [-0.3, -0.25) is 0 Å². The highest BCUT2D eigenvalue weighted by molar-refractivity contribution is 4.72. The Labute approximate surface area is 106 Å². The number of hydrogen-bond acceptors (Lipinski definition) is 2. The first-order valence-corrected chi connectivity index (χ1v) is 6.28. The molecule has 0 radical (unpaired) electrons. The molecule has 0 bridgehead atoms. The minimum Gasteiger partial charge on any atom is -0.373 e. The van der Waals surface area contributed by atoms with Gasteiger partial charge < -0.3 is 10.1 Å². The summed E-state index contributed by atoms with van der Waals surface area (Å²) in [5.41, 5.74) is 0. The van der Waals surface area contributed by atoms with Crippen LogP contribution in [-0.4, -0.2) is 38.7 Å². The van der Waals surface area contributed by atoms with E-state index in [1.54, 1.807) is 7.05 Å². The van der Waals surface area contributed by atoms with Crippen molar-refractivity contribution < 1.29 is 22.3 Å². The van der Waals surface area contributed by atoms with Gasteiger partial charge in [0, 0.05) is 6.04 Å². The molecule has 0 heterocycles. The van der Waals surface area contributed by atoms with Gasteiger partial charge in [0.1, 0.15) is 6.61 Å². The summed E-state index contributed by atoms with van der Waals surface area (Å²) < 4.78 is 53.7. The molecule has 1 atom stereocenters. The molecular formula is C12H23F4NO. The highest BCUT2D eigenvalue weighted by atomic mass is 19.3. The van der Waals surface area contributed by atoms with E-state index >= 15 is 0 Å². The molecule has 6 heteroatoms. The number of ether oxygens (including phenoxy) is 1. The van der Waals surface area contributed by atoms with Crippen LogP contribution in [0.2, 0.25) is 0 Å². The van der Waals surface area contributed by atoms with Crippen molar-refractivity contribution in [3.8, 4) is 0 Å². The van der Waals surface area contributed by atoms with Gasteiger partial charge in [0.15, 0.2) is 0 Å². The Morgan fingerprint density at radius 3 is 2.11 bits per heavy atom. The third-order valence-corrected chi connectivity index (χ3v) is 3.11. The second-order valence-corrected chi connectivity index (χ2v) is 4.48. The lowest BCUT2D eigenvalue weighted by atomic mass is 9.95. The van der Waals surface area contributed by atoms with Gasteiger partial charge in [-0.15, -0.1) is 0 Å². The Bertz CT molecular complexity index is 210. The van der Waals surface area contributed by atoms with Crippen LogP contribution in [0.1, 0.15) is 33.1 Å². The molecule has 0 saturated carbocycles. The van der Waals surface area contributed by atoms with Crippen molar-refractivity contribution in [3.05, 3.63) is 0 Å². The van der Waals surface area contributed by atoms with Gasteiger partial charge >= 0.3 is 12.3 Å². The van der Waals surface area contributed by atoms with Crippen molar-refractivity contribution in [2.45, 2.75) is 51.5 Å². The Hall–Kier alpha value is -0.360. The summed E-state index contributed by atoms with van der Waals surface area (Å²) in [6.07, 6.45) is -0.877. The summed E-state index contributed by atoms with van der Waals surface area (Å²) in [4.78, 5) is 0. The molecule has 0 aliphatic rings. The zero-order valence-electron chi connectivity index (χ0n) is 11.2. The largest absolute Gasteiger partial charge is 0.373 e. The van der Waals surface area contributed by atoms with Crippen LogP contribution < -0.4 is 5.32 Å². The van der Waals surface area contributed by atoms with Crippen molar-refractivity contribution in [2.24, 2.45) is 5.92 Å². The number of likely N-dealkylation sites (N-methyl/N-ethyl adjacent to an activating group) is 1. The van der Waals surface area contributed by atoms with Crippen LogP contribution in [0.3, 0.4) is 0 Å². The molecule has 0 fully saturated rings. The van der Waals surface area contributed by atoms with E-state index in [4.69, 9.17) is 4.74 Å². The van der Waals surface area contributed by atoms with Crippen LogP contribution in [0.4, 0.5) is 17.6 Å². The number of halogens is 4. The monoisotopic (exact) mass is 273 g/mol. The topological polar surface area (TPSA) is 21.3 Å². The first-order chi connectivity index (χ1) is 8.37. The Morgan fingerprint density at radius 1 is 1.17 bits per heavy atom. The predicted molar refractivity (Wildman–Crippen MR) is 63.3 cm³/mol. The van der Waals surface area contributed by atoms with E-state index in [1.165, 1.54) is 0 Å². The Morgan fingerprint density at radius 2 is 1.72 bits per heavy atom. The van der Waals surface area contributed by atoms with Crippen LogP contribution in [0.15, 0.2) is 0 Å². The fourth-order valence-corrected chi connectivity index (χ4v) is 1.69. The summed E-state index contributed by atoms with van der Waals surface area (Å²) in [7, 11) is 1.71. The molecule has 0 aromatic heterocycles. The molecule has 0 aliphatic heterocycles. The molecule has 0 rings (SSSR count). The van der Waals surface area contributed by atoms with Crippen molar-refractivity contribution in [1.82, 2.24) is 5.32 Å². The van der Waals surface area contributed by atoms with Gasteiger partial charge in [-0.05, 0) is 19.4 Å². The smallest absolute Gasteiger partial charge is 0.330 e. The van der Waals surface area contributed by atoms with Gasteiger partial charge in [-0.25, -0.2) is 8.78 Å². The van der Waals surface area contributed by atoms with E-state index in [0.717, 1.165) is 19.3 Å². The summed E-state index contributed by atoms with van der Waals surface area (Å²) in [6.45, 7) is 2.92. The zero-order valence-corrected chi connectivity index (χ0v) is 11.2. The van der Waals surface area contributed by atoms with Gasteiger partial charge in [0.25, 0.3) is 0 Å². The number of alkyl halides is 4. The fourth-order valence-electron chi connectivity index (χ4n) is 1.69. The zero-order chi connectivity index (χ0) is 14.2. The fraction of sp³-hybridized carbons (Fsp3) is 1.00. The van der Waals surface area contributed by atoms with Crippen LogP contribution in [-0.2, 0) is 4.74 Å². The highest BCUT2D eigenvalue weighted by Crippen LogP contribution is 2.23. The van der Waals surface area contributed by atoms with Crippen LogP contribution in [0.25, 0.3) is 0 Å². The summed E-state index contributed by atoms with van der Waals surface area (Å²) >= 11 is 0. The predicted octanol–water partition coefficient (Wildman–Crippen LogP) is 3.32. The Balaban J connectivity index is 4.01. The summed E-state index contributed by atoms with van der Waals surface area (Å²) in [5.74, 6) is -3.57. The van der Waals surface area contributed by atoms with Gasteiger partial charge in [-0.2, -0.15) is 8.78 Å². The lowest BCUT2D eigenvalue weighted by molar-refractivity contribution is -0.167. The lowest BCUT2D eigenvalue weighted by Gasteiger charge is -2.23. The number of hydrogen-bond donors (Lipinski definition) is 1. The SMILES string of the molecule is CCC(CC)CC(COCC(F)(F)C(F)F)NC. The van der Waals surface area contributed by atoms with Crippen molar-refractivity contribution in [3.63, 3.8) is 0 Å². The van der Waals surface area contributed by atoms with Crippen LogP contribution >= 0.6 is 0 Å². The average molecular weight is 273 g/mol. The molecule has 2 nitrogen and oxygen atoms in total. The maximum atomic E-state index is 12.6. The van der Waals surface area contributed by atoms with E-state index in [2.05, 4.69) is 19.2 Å². The number of rotatable bonds is 10. The molecule has 1 N–H and O–H groups in total. The van der Waals surface area contributed by atoms with Crippen LogP contribution in [0, 0.1) is 5.92 Å². The van der Waals surface area contributed by atoms with Crippen LogP contribution in [0.5, 0.6) is 0 Å². The van der Waals surface area contributed by atoms with Crippen molar-refractivity contribution >= 4 is 0 Å². The van der Waals surface area contributed by atoms with E-state index < -0.39 is 19.0 Å². The molecular weight excluding hydrogens is 250 g/mol. The number of nitrogens with one attached hydrogen (secondary N) is 1. The van der Waals surface area contributed by atoms with Crippen molar-refractivity contribution in [2.75, 3.05) is 20.3 Å². The molecule has 0 aromatic carbocycles. The molecule has 0 saturated heterocycles. The molecule has 0 aliphatic carbocycles. The normalized spacial score (nSPS) is 14.5. The van der Waals surface area contributed by atoms with E-state index in [1.807, 2.05) is 0 Å². The quantitative estimate of drug-likeness (QED) is 0.617. The average Bonchev–Trinajstić information content (AvgIpc) is 2.33. The summed E-state index contributed by atoms with van der Waals surface area (Å²) in [5, 5.41) is 2.96. The molecule has 0 spiro atoms. The molecule has 1 unspecified atom stereocenters. The molecule has 0 amide bonds. The third kappa shape index (κ3) is 6.54. The second-order valence-electron chi connectivity index (χ2n) is 4.48. The van der Waals surface area contributed by atoms with E-state index in [9.17, 15) is 17.6 Å². The first-order valence-electron chi connectivity index (χ1n) is 6.28. The maximum Gasteiger partial charge on any atom is 0.330 e. The highest BCUT2D eigenvalue weighted by Gasteiger charge is 2.41. The van der Waals surface area contributed by atoms with Crippen molar-refractivity contribution in [1.29, 1.82) is 0 Å². The lowest BCUT2D eigenvalue weighted by Crippen LogP contribution is -2.37. The Kier molecular flexibility index (Phi) is 8.52.